The quantitative estimate of drug-likeness (QED) is 0.694. The van der Waals surface area contributed by atoms with Crippen LogP contribution < -0.4 is 15.0 Å². The van der Waals surface area contributed by atoms with Crippen LogP contribution in [0.25, 0.3) is 10.9 Å². The molecule has 1 aliphatic rings. The van der Waals surface area contributed by atoms with E-state index in [1.54, 1.807) is 30.3 Å². The summed E-state index contributed by atoms with van der Waals surface area (Å²) in [5.74, 6) is -0.346. The molecule has 0 unspecified atom stereocenters. The van der Waals surface area contributed by atoms with E-state index >= 15 is 0 Å². The Morgan fingerprint density at radius 2 is 2.00 bits per heavy atom. The summed E-state index contributed by atoms with van der Waals surface area (Å²) in [7, 11) is 0. The monoisotopic (exact) mass is 415 g/mol. The number of ether oxygens (including phenoxy) is 1. The highest BCUT2D eigenvalue weighted by Gasteiger charge is 2.27. The fourth-order valence-corrected chi connectivity index (χ4v) is 3.67. The topological polar surface area (TPSA) is 71.5 Å². The smallest absolute Gasteiger partial charge is 0.265 e. The molecule has 28 heavy (non-hydrogen) atoms. The predicted molar refractivity (Wildman–Crippen MR) is 109 cm³/mol. The molecule has 142 valence electrons. The van der Waals surface area contributed by atoms with E-state index in [1.165, 1.54) is 4.90 Å². The number of amides is 2. The summed E-state index contributed by atoms with van der Waals surface area (Å²) in [5, 5.41) is 4.14. The van der Waals surface area contributed by atoms with Crippen LogP contribution in [-0.4, -0.2) is 29.9 Å². The molecule has 0 bridgehead atoms. The minimum absolute atomic E-state index is 0.0777. The molecule has 1 N–H and O–H groups in total. The summed E-state index contributed by atoms with van der Waals surface area (Å²) in [6.45, 7) is 1.46. The van der Waals surface area contributed by atoms with Crippen LogP contribution in [0, 0.1) is 6.92 Å². The molecule has 4 rings (SSSR count). The van der Waals surface area contributed by atoms with Gasteiger partial charge in [-0.25, -0.2) is 4.98 Å². The van der Waals surface area contributed by atoms with Gasteiger partial charge in [-0.15, -0.1) is 0 Å². The molecule has 8 heteroatoms. The zero-order chi connectivity index (χ0) is 19.8. The van der Waals surface area contributed by atoms with Crippen molar-refractivity contribution in [1.29, 1.82) is 0 Å². The number of benzene rings is 2. The maximum absolute atomic E-state index is 12.8. The van der Waals surface area contributed by atoms with Gasteiger partial charge in [-0.1, -0.05) is 35.3 Å². The molecule has 0 spiro atoms. The third-order valence-corrected chi connectivity index (χ3v) is 4.98. The molecule has 3 aromatic rings. The number of hydrogen-bond donors (Lipinski definition) is 1. The van der Waals surface area contributed by atoms with Crippen molar-refractivity contribution >= 4 is 57.3 Å². The summed E-state index contributed by atoms with van der Waals surface area (Å²) in [6.07, 6.45) is 0. The van der Waals surface area contributed by atoms with Crippen LogP contribution >= 0.6 is 23.2 Å². The van der Waals surface area contributed by atoms with Gasteiger partial charge in [-0.05, 0) is 37.3 Å². The lowest BCUT2D eigenvalue weighted by atomic mass is 10.2. The molecule has 6 nitrogen and oxygen atoms in total. The second-order valence-corrected chi connectivity index (χ2v) is 7.17. The van der Waals surface area contributed by atoms with Crippen molar-refractivity contribution in [3.05, 3.63) is 58.2 Å². The van der Waals surface area contributed by atoms with Gasteiger partial charge in [0.25, 0.3) is 5.91 Å². The van der Waals surface area contributed by atoms with Gasteiger partial charge >= 0.3 is 0 Å². The Labute approximate surface area is 171 Å². The van der Waals surface area contributed by atoms with Crippen molar-refractivity contribution in [1.82, 2.24) is 4.98 Å². The number of hydrogen-bond acceptors (Lipinski definition) is 4. The standard InChI is InChI=1S/C20H15Cl2N3O3/c1-11-6-7-12-13(21)8-14(22)20(19(12)23-11)28-10-18(27)25-9-17(26)24-15-4-2-3-5-16(15)25/h2-8H,9-10H2,1H3,(H,24,26). The number of para-hydroxylation sites is 2. The van der Waals surface area contributed by atoms with Crippen molar-refractivity contribution in [2.24, 2.45) is 0 Å². The third kappa shape index (κ3) is 3.37. The predicted octanol–water partition coefficient (Wildman–Crippen LogP) is 4.21. The van der Waals surface area contributed by atoms with E-state index in [9.17, 15) is 9.59 Å². The number of carbonyl (C=O) groups is 2. The van der Waals surface area contributed by atoms with Gasteiger partial charge in [-0.2, -0.15) is 0 Å². The number of aryl methyl sites for hydroxylation is 1. The first-order valence-electron chi connectivity index (χ1n) is 8.51. The molecule has 0 saturated heterocycles. The second kappa shape index (κ2) is 7.30. The maximum atomic E-state index is 12.8. The first-order valence-corrected chi connectivity index (χ1v) is 9.27. The fourth-order valence-electron chi connectivity index (χ4n) is 3.10. The van der Waals surface area contributed by atoms with E-state index in [2.05, 4.69) is 10.3 Å². The molecule has 0 atom stereocenters. The van der Waals surface area contributed by atoms with Crippen molar-refractivity contribution in [2.75, 3.05) is 23.4 Å². The SMILES string of the molecule is Cc1ccc2c(Cl)cc(Cl)c(OCC(=O)N3CC(=O)Nc4ccccc43)c2n1. The largest absolute Gasteiger partial charge is 0.480 e. The minimum Gasteiger partial charge on any atom is -0.480 e. The lowest BCUT2D eigenvalue weighted by Gasteiger charge is -2.29. The second-order valence-electron chi connectivity index (χ2n) is 6.35. The molecule has 2 aromatic carbocycles. The molecule has 0 radical (unpaired) electrons. The summed E-state index contributed by atoms with van der Waals surface area (Å²) in [5.41, 5.74) is 2.46. The first-order chi connectivity index (χ1) is 13.4. The van der Waals surface area contributed by atoms with Crippen LogP contribution in [0.1, 0.15) is 5.69 Å². The van der Waals surface area contributed by atoms with Crippen LogP contribution in [0.2, 0.25) is 10.0 Å². The number of halogens is 2. The van der Waals surface area contributed by atoms with Crippen LogP contribution in [0.4, 0.5) is 11.4 Å². The average Bonchev–Trinajstić information content (AvgIpc) is 2.66. The van der Waals surface area contributed by atoms with Gasteiger partial charge in [-0.3, -0.25) is 14.5 Å². The number of anilines is 2. The van der Waals surface area contributed by atoms with Crippen LogP contribution in [0.15, 0.2) is 42.5 Å². The van der Waals surface area contributed by atoms with Crippen molar-refractivity contribution in [3.8, 4) is 5.75 Å². The van der Waals surface area contributed by atoms with Gasteiger partial charge in [0.15, 0.2) is 12.4 Å². The number of nitrogens with zero attached hydrogens (tertiary/aromatic N) is 2. The third-order valence-electron chi connectivity index (χ3n) is 4.39. The molecule has 2 amide bonds. The Hall–Kier alpha value is -2.83. The van der Waals surface area contributed by atoms with E-state index in [-0.39, 0.29) is 35.7 Å². The Kier molecular flexibility index (Phi) is 4.83. The van der Waals surface area contributed by atoms with Crippen molar-refractivity contribution in [2.45, 2.75) is 6.92 Å². The van der Waals surface area contributed by atoms with Crippen LogP contribution in [-0.2, 0) is 9.59 Å². The summed E-state index contributed by atoms with van der Waals surface area (Å²) < 4.78 is 5.75. The highest BCUT2D eigenvalue weighted by atomic mass is 35.5. The number of carbonyl (C=O) groups excluding carboxylic acids is 2. The molecular weight excluding hydrogens is 401 g/mol. The first kappa shape index (κ1) is 18.5. The van der Waals surface area contributed by atoms with Crippen molar-refractivity contribution in [3.63, 3.8) is 0 Å². The molecule has 0 saturated carbocycles. The molecule has 1 aliphatic heterocycles. The Bertz CT molecular complexity index is 1120. The van der Waals surface area contributed by atoms with E-state index in [1.807, 2.05) is 19.1 Å². The molecule has 2 heterocycles. The molecule has 1 aromatic heterocycles. The number of nitrogens with one attached hydrogen (secondary N) is 1. The van der Waals surface area contributed by atoms with Crippen molar-refractivity contribution < 1.29 is 14.3 Å². The molecule has 0 aliphatic carbocycles. The van der Waals surface area contributed by atoms with E-state index in [0.717, 1.165) is 5.69 Å². The number of pyridine rings is 1. The van der Waals surface area contributed by atoms with Gasteiger partial charge in [0.2, 0.25) is 5.91 Å². The van der Waals surface area contributed by atoms with Gasteiger partial charge in [0.1, 0.15) is 12.1 Å². The molecule has 0 fully saturated rings. The van der Waals surface area contributed by atoms with Crippen LogP contribution in [0.5, 0.6) is 5.75 Å². The highest BCUT2D eigenvalue weighted by Crippen LogP contribution is 2.37. The lowest BCUT2D eigenvalue weighted by Crippen LogP contribution is -2.44. The van der Waals surface area contributed by atoms with Gasteiger partial charge < -0.3 is 10.1 Å². The highest BCUT2D eigenvalue weighted by molar-refractivity contribution is 6.39. The lowest BCUT2D eigenvalue weighted by molar-refractivity contribution is -0.123. The summed E-state index contributed by atoms with van der Waals surface area (Å²) in [6, 6.07) is 12.3. The number of rotatable bonds is 3. The number of fused-ring (bicyclic) bond motifs is 2. The minimum atomic E-state index is -0.367. The summed E-state index contributed by atoms with van der Waals surface area (Å²) in [4.78, 5) is 30.6. The Morgan fingerprint density at radius 3 is 2.82 bits per heavy atom. The van der Waals surface area contributed by atoms with E-state index < -0.39 is 0 Å². The van der Waals surface area contributed by atoms with Gasteiger partial charge in [0.05, 0.1) is 21.4 Å². The fraction of sp³-hybridized carbons (Fsp3) is 0.150. The normalized spacial score (nSPS) is 13.2. The van der Waals surface area contributed by atoms with E-state index in [4.69, 9.17) is 27.9 Å². The number of aromatic nitrogens is 1. The van der Waals surface area contributed by atoms with E-state index in [0.29, 0.717) is 27.3 Å². The van der Waals surface area contributed by atoms with Gasteiger partial charge in [0, 0.05) is 11.1 Å². The Morgan fingerprint density at radius 1 is 1.21 bits per heavy atom. The average molecular weight is 416 g/mol. The zero-order valence-electron chi connectivity index (χ0n) is 14.8. The maximum Gasteiger partial charge on any atom is 0.265 e. The van der Waals surface area contributed by atoms with Crippen LogP contribution in [0.3, 0.4) is 0 Å². The zero-order valence-corrected chi connectivity index (χ0v) is 16.3. The summed E-state index contributed by atoms with van der Waals surface area (Å²) >= 11 is 12.5. The Balaban J connectivity index is 1.63. The molecular formula is C20H15Cl2N3O3.